The largest absolute Gasteiger partial charge is 0.295 e. The third-order valence-electron chi connectivity index (χ3n) is 1.33. The van der Waals surface area contributed by atoms with Crippen LogP contribution < -0.4 is 0 Å². The molecule has 0 amide bonds. The third-order valence-corrected chi connectivity index (χ3v) is 2.77. The molecule has 14 heavy (non-hydrogen) atoms. The number of carbonyl (C=O) groups excluding carboxylic acids is 1. The molecule has 0 saturated heterocycles. The minimum atomic E-state index is -4.29. The molecular weight excluding hydrogens is 233 g/mol. The van der Waals surface area contributed by atoms with Crippen molar-refractivity contribution in [1.29, 1.82) is 0 Å². The molecule has 0 N–H and O–H groups in total. The molecule has 0 aliphatic rings. The zero-order valence-corrected chi connectivity index (χ0v) is 8.14. The van der Waals surface area contributed by atoms with Crippen molar-refractivity contribution in [3.8, 4) is 0 Å². The van der Waals surface area contributed by atoms with Gasteiger partial charge >= 0.3 is 0 Å². The Kier molecular flexibility index (Phi) is 3.00. The number of nitrogens with zero attached hydrogens (tertiary/aromatic N) is 1. The quantitative estimate of drug-likeness (QED) is 0.576. The van der Waals surface area contributed by atoms with Crippen molar-refractivity contribution >= 4 is 27.7 Å². The Balaban J connectivity index is 3.41. The average molecular weight is 236 g/mol. The molecule has 74 valence electrons. The molecular formula is C7H3ClFNO3S. The van der Waals surface area contributed by atoms with Crippen molar-refractivity contribution < 1.29 is 17.6 Å². The van der Waals surface area contributed by atoms with Crippen molar-refractivity contribution in [2.75, 3.05) is 0 Å². The van der Waals surface area contributed by atoms with Gasteiger partial charge in [-0.3, -0.25) is 0 Å². The van der Waals surface area contributed by atoms with E-state index in [4.69, 9.17) is 11.6 Å². The first-order chi connectivity index (χ1) is 6.47. The molecule has 4 nitrogen and oxygen atoms in total. The molecule has 0 aliphatic heterocycles. The molecule has 1 rings (SSSR count). The molecule has 0 heterocycles. The maximum absolute atomic E-state index is 13.0. The van der Waals surface area contributed by atoms with Crippen LogP contribution in [0.15, 0.2) is 27.5 Å². The van der Waals surface area contributed by atoms with E-state index in [2.05, 4.69) is 4.40 Å². The maximum atomic E-state index is 13.0. The molecule has 0 spiro atoms. The lowest BCUT2D eigenvalue weighted by molar-refractivity contribution is 0.559. The van der Waals surface area contributed by atoms with Crippen LogP contribution in [0.4, 0.5) is 4.39 Å². The number of rotatable bonds is 2. The van der Waals surface area contributed by atoms with Gasteiger partial charge in [-0.1, -0.05) is 16.0 Å². The highest BCUT2D eigenvalue weighted by Crippen LogP contribution is 2.20. The first kappa shape index (κ1) is 10.8. The Labute approximate surface area is 84.1 Å². The fraction of sp³-hybridized carbons (Fsp3) is 0. The van der Waals surface area contributed by atoms with Crippen molar-refractivity contribution in [3.05, 3.63) is 29.0 Å². The van der Waals surface area contributed by atoms with Gasteiger partial charge in [-0.05, 0) is 18.2 Å². The standard InChI is InChI=1S/C7H3ClFNO3S/c8-5-1-2-7(6(9)3-5)14(12,13)10-4-11/h1-3H. The second-order valence-corrected chi connectivity index (χ2v) is 4.24. The predicted octanol–water partition coefficient (Wildman–Crippen LogP) is 1.50. The van der Waals surface area contributed by atoms with Crippen LogP contribution >= 0.6 is 11.6 Å². The molecule has 0 aromatic heterocycles. The lowest BCUT2D eigenvalue weighted by atomic mass is 10.3. The van der Waals surface area contributed by atoms with Crippen molar-refractivity contribution in [2.45, 2.75) is 4.90 Å². The van der Waals surface area contributed by atoms with E-state index in [1.165, 1.54) is 6.07 Å². The van der Waals surface area contributed by atoms with E-state index in [0.29, 0.717) is 0 Å². The molecule has 1 aromatic carbocycles. The SMILES string of the molecule is O=C=NS(=O)(=O)c1ccc(Cl)cc1F. The van der Waals surface area contributed by atoms with E-state index >= 15 is 0 Å². The van der Waals surface area contributed by atoms with Gasteiger partial charge in [0.15, 0.2) is 0 Å². The van der Waals surface area contributed by atoms with Crippen LogP contribution in [0.25, 0.3) is 0 Å². The summed E-state index contributed by atoms with van der Waals surface area (Å²) >= 11 is 5.40. The summed E-state index contributed by atoms with van der Waals surface area (Å²) in [5.74, 6) is -1.06. The zero-order chi connectivity index (χ0) is 10.8. The van der Waals surface area contributed by atoms with Crippen LogP contribution in [0.1, 0.15) is 0 Å². The van der Waals surface area contributed by atoms with E-state index in [1.807, 2.05) is 0 Å². The van der Waals surface area contributed by atoms with Crippen LogP contribution in [0, 0.1) is 5.82 Å². The lowest BCUT2D eigenvalue weighted by Gasteiger charge is -1.98. The van der Waals surface area contributed by atoms with Crippen LogP contribution in [0.2, 0.25) is 5.02 Å². The average Bonchev–Trinajstić information content (AvgIpc) is 2.02. The number of halogens is 2. The van der Waals surface area contributed by atoms with Crippen LogP contribution in [0.3, 0.4) is 0 Å². The van der Waals surface area contributed by atoms with Gasteiger partial charge < -0.3 is 0 Å². The minimum Gasteiger partial charge on any atom is -0.210 e. The van der Waals surface area contributed by atoms with E-state index < -0.39 is 20.7 Å². The smallest absolute Gasteiger partial charge is 0.210 e. The highest BCUT2D eigenvalue weighted by Gasteiger charge is 2.17. The van der Waals surface area contributed by atoms with Crippen molar-refractivity contribution in [1.82, 2.24) is 0 Å². The minimum absolute atomic E-state index is 0.0523. The number of isocyanates is 1. The van der Waals surface area contributed by atoms with Gasteiger partial charge in [-0.2, -0.15) is 8.42 Å². The van der Waals surface area contributed by atoms with Gasteiger partial charge in [-0.15, -0.1) is 0 Å². The topological polar surface area (TPSA) is 63.6 Å². The molecule has 0 saturated carbocycles. The van der Waals surface area contributed by atoms with Gasteiger partial charge in [-0.25, -0.2) is 9.18 Å². The van der Waals surface area contributed by atoms with Crippen molar-refractivity contribution in [3.63, 3.8) is 0 Å². The number of hydrogen-bond acceptors (Lipinski definition) is 3. The van der Waals surface area contributed by atoms with Crippen molar-refractivity contribution in [2.24, 2.45) is 4.40 Å². The number of hydrogen-bond donors (Lipinski definition) is 0. The summed E-state index contributed by atoms with van der Waals surface area (Å²) in [6, 6.07) is 2.92. The predicted molar refractivity (Wildman–Crippen MR) is 46.7 cm³/mol. The summed E-state index contributed by atoms with van der Waals surface area (Å²) in [6.45, 7) is 0. The maximum Gasteiger partial charge on any atom is 0.295 e. The highest BCUT2D eigenvalue weighted by atomic mass is 35.5. The second-order valence-electron chi connectivity index (χ2n) is 2.23. The molecule has 7 heteroatoms. The molecule has 0 bridgehead atoms. The Morgan fingerprint density at radius 1 is 1.43 bits per heavy atom. The lowest BCUT2D eigenvalue weighted by Crippen LogP contribution is -1.99. The summed E-state index contributed by atoms with van der Waals surface area (Å²) in [4.78, 5) is 9.05. The third kappa shape index (κ3) is 2.17. The summed E-state index contributed by atoms with van der Waals surface area (Å²) in [6.07, 6.45) is 0.836. The molecule has 0 atom stereocenters. The second kappa shape index (κ2) is 3.88. The van der Waals surface area contributed by atoms with E-state index in [0.717, 1.165) is 18.2 Å². The Hall–Kier alpha value is -1.23. The van der Waals surface area contributed by atoms with Gasteiger partial charge in [0.25, 0.3) is 16.1 Å². The molecule has 0 aliphatic carbocycles. The summed E-state index contributed by atoms with van der Waals surface area (Å²) < 4.78 is 37.6. The first-order valence-electron chi connectivity index (χ1n) is 3.26. The van der Waals surface area contributed by atoms with Crippen LogP contribution in [-0.4, -0.2) is 14.5 Å². The Bertz CT molecular complexity index is 508. The fourth-order valence-corrected chi connectivity index (χ4v) is 1.68. The molecule has 1 aromatic rings. The number of benzene rings is 1. The zero-order valence-electron chi connectivity index (χ0n) is 6.57. The fourth-order valence-electron chi connectivity index (χ4n) is 0.783. The molecule has 0 unspecified atom stereocenters. The van der Waals surface area contributed by atoms with E-state index in [1.54, 1.807) is 0 Å². The van der Waals surface area contributed by atoms with Crippen LogP contribution in [0.5, 0.6) is 0 Å². The Morgan fingerprint density at radius 3 is 2.57 bits per heavy atom. The summed E-state index contributed by atoms with van der Waals surface area (Å²) in [5, 5.41) is 0.0523. The van der Waals surface area contributed by atoms with Gasteiger partial charge in [0.05, 0.1) is 0 Å². The Morgan fingerprint density at radius 2 is 2.07 bits per heavy atom. The molecule has 0 radical (unpaired) electrons. The highest BCUT2D eigenvalue weighted by molar-refractivity contribution is 7.90. The number of sulfonamides is 1. The van der Waals surface area contributed by atoms with E-state index in [9.17, 15) is 17.6 Å². The van der Waals surface area contributed by atoms with E-state index in [-0.39, 0.29) is 5.02 Å². The summed E-state index contributed by atoms with van der Waals surface area (Å²) in [7, 11) is -4.29. The van der Waals surface area contributed by atoms with Crippen LogP contribution in [-0.2, 0) is 14.8 Å². The normalized spacial score (nSPS) is 10.7. The van der Waals surface area contributed by atoms with Gasteiger partial charge in [0.1, 0.15) is 10.7 Å². The van der Waals surface area contributed by atoms with Gasteiger partial charge in [0.2, 0.25) is 0 Å². The molecule has 0 fully saturated rings. The first-order valence-corrected chi connectivity index (χ1v) is 5.08. The monoisotopic (exact) mass is 235 g/mol. The van der Waals surface area contributed by atoms with Gasteiger partial charge in [0, 0.05) is 5.02 Å². The summed E-state index contributed by atoms with van der Waals surface area (Å²) in [5.41, 5.74) is 0.